The fraction of sp³-hybridized carbons (Fsp3) is 0.263. The third kappa shape index (κ3) is 5.22. The van der Waals surface area contributed by atoms with Gasteiger partial charge in [0.05, 0.1) is 0 Å². The van der Waals surface area contributed by atoms with Gasteiger partial charge in [0.1, 0.15) is 6.04 Å². The second kappa shape index (κ2) is 8.53. The van der Waals surface area contributed by atoms with Crippen molar-refractivity contribution in [3.63, 3.8) is 0 Å². The van der Waals surface area contributed by atoms with Gasteiger partial charge < -0.3 is 15.3 Å². The molecular formula is C19H21ClN2O3. The van der Waals surface area contributed by atoms with Crippen molar-refractivity contribution in [2.24, 2.45) is 5.92 Å². The molecule has 0 fully saturated rings. The maximum Gasteiger partial charge on any atom is 0.326 e. The van der Waals surface area contributed by atoms with Crippen LogP contribution < -0.4 is 5.32 Å². The first-order valence-electron chi connectivity index (χ1n) is 7.98. The molecule has 25 heavy (non-hydrogen) atoms. The number of aliphatic carboxylic acids is 1. The van der Waals surface area contributed by atoms with Crippen LogP contribution in [-0.4, -0.2) is 28.0 Å². The highest BCUT2D eigenvalue weighted by molar-refractivity contribution is 6.30. The van der Waals surface area contributed by atoms with Crippen LogP contribution in [0, 0.1) is 5.92 Å². The van der Waals surface area contributed by atoms with Crippen LogP contribution in [0.15, 0.2) is 54.6 Å². The Kier molecular flexibility index (Phi) is 6.42. The second-order valence-electron chi connectivity index (χ2n) is 6.08. The van der Waals surface area contributed by atoms with Crippen LogP contribution in [0.2, 0.25) is 5.02 Å². The van der Waals surface area contributed by atoms with E-state index in [-0.39, 0.29) is 12.5 Å². The van der Waals surface area contributed by atoms with Crippen LogP contribution in [0.5, 0.6) is 0 Å². The molecule has 0 aliphatic carbocycles. The smallest absolute Gasteiger partial charge is 0.326 e. The number of urea groups is 1. The van der Waals surface area contributed by atoms with Gasteiger partial charge in [-0.3, -0.25) is 0 Å². The normalized spacial score (nSPS) is 11.8. The van der Waals surface area contributed by atoms with Crippen LogP contribution >= 0.6 is 11.6 Å². The number of nitrogens with zero attached hydrogens (tertiary/aromatic N) is 1. The molecule has 0 aromatic heterocycles. The molecule has 0 bridgehead atoms. The number of benzene rings is 2. The van der Waals surface area contributed by atoms with Crippen molar-refractivity contribution in [2.45, 2.75) is 26.4 Å². The lowest BCUT2D eigenvalue weighted by atomic mass is 10.0. The highest BCUT2D eigenvalue weighted by Crippen LogP contribution is 2.19. The number of hydrogen-bond donors (Lipinski definition) is 2. The molecule has 0 aliphatic heterocycles. The fourth-order valence-corrected chi connectivity index (χ4v) is 2.71. The number of rotatable bonds is 6. The van der Waals surface area contributed by atoms with Gasteiger partial charge in [0.15, 0.2) is 0 Å². The Morgan fingerprint density at radius 1 is 1.08 bits per heavy atom. The summed E-state index contributed by atoms with van der Waals surface area (Å²) >= 11 is 5.85. The van der Waals surface area contributed by atoms with Gasteiger partial charge in [0.25, 0.3) is 0 Å². The van der Waals surface area contributed by atoms with Gasteiger partial charge in [0.2, 0.25) is 0 Å². The molecule has 0 unspecified atom stereocenters. The molecule has 0 radical (unpaired) electrons. The van der Waals surface area contributed by atoms with Crippen LogP contribution in [0.25, 0.3) is 0 Å². The number of carboxylic acid groups (broad SMARTS) is 1. The first-order chi connectivity index (χ1) is 11.9. The number of carboxylic acids is 1. The SMILES string of the molecule is CC(C)[C@@H](C(=O)O)N(Cc1ccccc1)C(=O)Nc1ccc(Cl)cc1. The van der Waals surface area contributed by atoms with E-state index in [1.54, 1.807) is 38.1 Å². The first kappa shape index (κ1) is 18.8. The maximum atomic E-state index is 12.8. The highest BCUT2D eigenvalue weighted by atomic mass is 35.5. The van der Waals surface area contributed by atoms with Crippen LogP contribution in [0.3, 0.4) is 0 Å². The maximum absolute atomic E-state index is 12.8. The summed E-state index contributed by atoms with van der Waals surface area (Å²) in [4.78, 5) is 25.9. The number of hydrogen-bond acceptors (Lipinski definition) is 2. The lowest BCUT2D eigenvalue weighted by Crippen LogP contribution is -2.49. The molecule has 2 N–H and O–H groups in total. The van der Waals surface area contributed by atoms with Gasteiger partial charge in [-0.05, 0) is 35.7 Å². The molecule has 2 rings (SSSR count). The second-order valence-corrected chi connectivity index (χ2v) is 6.51. The number of halogens is 1. The molecule has 0 heterocycles. The third-order valence-corrected chi connectivity index (χ3v) is 4.02. The summed E-state index contributed by atoms with van der Waals surface area (Å²) in [5.74, 6) is -1.27. The minimum Gasteiger partial charge on any atom is -0.480 e. The molecular weight excluding hydrogens is 340 g/mol. The Balaban J connectivity index is 2.27. The van der Waals surface area contributed by atoms with E-state index in [4.69, 9.17) is 11.6 Å². The molecule has 0 saturated carbocycles. The monoisotopic (exact) mass is 360 g/mol. The Hall–Kier alpha value is -2.53. The molecule has 5 nitrogen and oxygen atoms in total. The van der Waals surface area contributed by atoms with Gasteiger partial charge in [0, 0.05) is 17.3 Å². The highest BCUT2D eigenvalue weighted by Gasteiger charge is 2.32. The quantitative estimate of drug-likeness (QED) is 0.797. The van der Waals surface area contributed by atoms with Gasteiger partial charge in [-0.2, -0.15) is 0 Å². The van der Waals surface area contributed by atoms with Crippen LogP contribution in [0.1, 0.15) is 19.4 Å². The molecule has 1 atom stereocenters. The van der Waals surface area contributed by atoms with Crippen molar-refractivity contribution in [2.75, 3.05) is 5.32 Å². The first-order valence-corrected chi connectivity index (χ1v) is 8.36. The summed E-state index contributed by atoms with van der Waals surface area (Å²) in [6, 6.07) is 14.6. The largest absolute Gasteiger partial charge is 0.480 e. The number of nitrogens with one attached hydrogen (secondary N) is 1. The Labute approximate surface area is 152 Å². The van der Waals surface area contributed by atoms with Gasteiger partial charge in [-0.1, -0.05) is 55.8 Å². The zero-order valence-electron chi connectivity index (χ0n) is 14.1. The zero-order chi connectivity index (χ0) is 18.4. The molecule has 0 spiro atoms. The van der Waals surface area contributed by atoms with Crippen LogP contribution in [-0.2, 0) is 11.3 Å². The van der Waals surface area contributed by atoms with E-state index in [0.717, 1.165) is 5.56 Å². The van der Waals surface area contributed by atoms with E-state index in [0.29, 0.717) is 10.7 Å². The van der Waals surface area contributed by atoms with E-state index in [1.165, 1.54) is 4.90 Å². The van der Waals surface area contributed by atoms with E-state index in [2.05, 4.69) is 5.32 Å². The number of carbonyl (C=O) groups excluding carboxylic acids is 1. The minimum atomic E-state index is -1.03. The predicted octanol–water partition coefficient (Wildman–Crippen LogP) is 4.48. The predicted molar refractivity (Wildman–Crippen MR) is 98.7 cm³/mol. The van der Waals surface area contributed by atoms with Crippen molar-refractivity contribution in [1.29, 1.82) is 0 Å². The van der Waals surface area contributed by atoms with Gasteiger partial charge in [-0.25, -0.2) is 9.59 Å². The van der Waals surface area contributed by atoms with E-state index < -0.39 is 18.0 Å². The van der Waals surface area contributed by atoms with Gasteiger partial charge >= 0.3 is 12.0 Å². The summed E-state index contributed by atoms with van der Waals surface area (Å²) in [6.45, 7) is 3.77. The molecule has 6 heteroatoms. The lowest BCUT2D eigenvalue weighted by Gasteiger charge is -2.31. The number of anilines is 1. The topological polar surface area (TPSA) is 69.6 Å². The molecule has 2 aromatic rings. The van der Waals surface area contributed by atoms with E-state index in [9.17, 15) is 14.7 Å². The standard InChI is InChI=1S/C19H21ClN2O3/c1-13(2)17(18(23)24)22(12-14-6-4-3-5-7-14)19(25)21-16-10-8-15(20)9-11-16/h3-11,13,17H,12H2,1-2H3,(H,21,25)(H,23,24)/t17-/m0/s1. The summed E-state index contributed by atoms with van der Waals surface area (Å²) < 4.78 is 0. The molecule has 0 saturated heterocycles. The molecule has 2 amide bonds. The summed E-state index contributed by atoms with van der Waals surface area (Å²) in [6.07, 6.45) is 0. The summed E-state index contributed by atoms with van der Waals surface area (Å²) in [7, 11) is 0. The van der Waals surface area contributed by atoms with E-state index in [1.807, 2.05) is 30.3 Å². The summed E-state index contributed by atoms with van der Waals surface area (Å²) in [5, 5.41) is 12.9. The Morgan fingerprint density at radius 2 is 1.68 bits per heavy atom. The van der Waals surface area contributed by atoms with Crippen molar-refractivity contribution < 1.29 is 14.7 Å². The van der Waals surface area contributed by atoms with Crippen molar-refractivity contribution >= 4 is 29.3 Å². The van der Waals surface area contributed by atoms with E-state index >= 15 is 0 Å². The van der Waals surface area contributed by atoms with Crippen molar-refractivity contribution in [3.05, 3.63) is 65.2 Å². The minimum absolute atomic E-state index is 0.204. The average Bonchev–Trinajstić information content (AvgIpc) is 2.56. The zero-order valence-corrected chi connectivity index (χ0v) is 14.9. The molecule has 132 valence electrons. The third-order valence-electron chi connectivity index (χ3n) is 3.77. The van der Waals surface area contributed by atoms with Crippen LogP contribution in [0.4, 0.5) is 10.5 Å². The lowest BCUT2D eigenvalue weighted by molar-refractivity contribution is -0.143. The molecule has 2 aromatic carbocycles. The molecule has 0 aliphatic rings. The van der Waals surface area contributed by atoms with Crippen molar-refractivity contribution in [3.8, 4) is 0 Å². The average molecular weight is 361 g/mol. The van der Waals surface area contributed by atoms with Crippen molar-refractivity contribution in [1.82, 2.24) is 4.90 Å². The Morgan fingerprint density at radius 3 is 2.20 bits per heavy atom. The Bertz CT molecular complexity index is 717. The number of amides is 2. The van der Waals surface area contributed by atoms with Gasteiger partial charge in [-0.15, -0.1) is 0 Å². The number of carbonyl (C=O) groups is 2. The fourth-order valence-electron chi connectivity index (χ4n) is 2.58. The summed E-state index contributed by atoms with van der Waals surface area (Å²) in [5.41, 5.74) is 1.42.